The largest absolute Gasteiger partial charge is 0.392 e. The van der Waals surface area contributed by atoms with E-state index in [0.29, 0.717) is 107 Å². The smallest absolute Gasteiger partial charge is 0.317 e. The van der Waals surface area contributed by atoms with Crippen LogP contribution in [0.4, 0.5) is 18.0 Å². The first-order valence-corrected chi connectivity index (χ1v) is 58.5. The first-order chi connectivity index (χ1) is 70.5. The van der Waals surface area contributed by atoms with Gasteiger partial charge in [0.25, 0.3) is 5.92 Å². The Balaban J connectivity index is 0.00000160. The molecule has 0 aromatic heterocycles. The second kappa shape index (κ2) is 94.2. The molecule has 0 radical (unpaired) electrons. The van der Waals surface area contributed by atoms with Crippen molar-refractivity contribution in [1.29, 1.82) is 0 Å². The molecule has 0 aliphatic carbocycles. The van der Waals surface area contributed by atoms with Crippen LogP contribution < -0.4 is 5.32 Å². The Kier molecular flexibility index (Phi) is 92.6. The summed E-state index contributed by atoms with van der Waals surface area (Å²) in [6.07, 6.45) is 19.5. The van der Waals surface area contributed by atoms with E-state index in [2.05, 4.69) is 172 Å². The fourth-order valence-electron chi connectivity index (χ4n) is 17.1. The summed E-state index contributed by atoms with van der Waals surface area (Å²) < 4.78 is 119. The molecule has 2 N–H and O–H groups in total. The first-order valence-electron chi connectivity index (χ1n) is 58.5. The van der Waals surface area contributed by atoms with Crippen LogP contribution in [0.3, 0.4) is 0 Å². The second-order valence-electron chi connectivity index (χ2n) is 44.5. The third-order valence-corrected chi connectivity index (χ3v) is 26.0. The van der Waals surface area contributed by atoms with Crippen LogP contribution in [0.2, 0.25) is 0 Å². The van der Waals surface area contributed by atoms with Gasteiger partial charge in [0.2, 0.25) is 5.91 Å². The molecule has 12 aliphatic heterocycles. The normalized spacial score (nSPS) is 21.2. The molecule has 35 heteroatoms. The van der Waals surface area contributed by atoms with Gasteiger partial charge in [-0.25, -0.2) is 18.0 Å². The van der Waals surface area contributed by atoms with Gasteiger partial charge in [0.15, 0.2) is 0 Å². The number of carbonyl (C=O) groups excluding carboxylic acids is 2. The highest BCUT2D eigenvalue weighted by Gasteiger charge is 2.38. The van der Waals surface area contributed by atoms with Crippen LogP contribution in [0.5, 0.6) is 0 Å². The number of aliphatic hydroxyl groups excluding tert-OH is 1. The molecule has 0 aromatic carbocycles. The zero-order valence-corrected chi connectivity index (χ0v) is 99.9. The molecule has 0 saturated carbocycles. The number of likely N-dealkylation sites (tertiary alicyclic amines) is 6. The Labute approximate surface area is 911 Å². The molecule has 12 aliphatic rings. The average molecular weight is 2150 g/mol. The van der Waals surface area contributed by atoms with Crippen molar-refractivity contribution in [2.45, 2.75) is 367 Å². The van der Waals surface area contributed by atoms with E-state index in [-0.39, 0.29) is 62.9 Å². The van der Waals surface area contributed by atoms with Gasteiger partial charge in [0.05, 0.1) is 171 Å². The number of rotatable bonds is 50. The van der Waals surface area contributed by atoms with Crippen LogP contribution in [-0.4, -0.2) is 541 Å². The van der Waals surface area contributed by atoms with Gasteiger partial charge in [0.1, 0.15) is 6.17 Å². The summed E-state index contributed by atoms with van der Waals surface area (Å²) in [5.41, 5.74) is 0. The summed E-state index contributed by atoms with van der Waals surface area (Å²) in [4.78, 5) is 51.4. The van der Waals surface area contributed by atoms with Gasteiger partial charge in [-0.3, -0.25) is 34.2 Å². The van der Waals surface area contributed by atoms with Gasteiger partial charge in [-0.15, -0.1) is 0 Å². The van der Waals surface area contributed by atoms with Crippen LogP contribution in [0.15, 0.2) is 0 Å². The van der Waals surface area contributed by atoms with E-state index in [0.717, 1.165) is 229 Å². The standard InChI is InChI=1S/C11H24N2O.C11H23NO.C10H22N2O.C10H21NO2.C10H21NO.C9H17F2NO.C9H18FNO.2C9H19NO2.C9H17NO2.C8H16N2O2.C8H16O2.CH4/c1-11(2)14-10-4-5-13-8-6-12(3)7-9-13;1-10(2)13-9-6-11-4-7-12(3)8-5-11;1-10(2)13-9-8-12-6-4-11(3)5-7-12;1-10(2)13-7-3-4-11-5-8-12-9-6-11;1-10(2)12-9-5-8-11-6-3-4-7-11;1-8(2)13-6-5-12-4-3-9(10,11)7-12;1-8(2)12-6-5-11-4-3-9(10)7-11;1-9(2)12-8-5-10-3-6-11-7-4-10;1-8(2)12-6-5-10-4-3-9(11)7-10;1-8(2)12-7-6-10-5-3-4-9(10)11;1-7(2)12-6-5-10-4-3-9-8(10)11;1-7(2)10-6-8-4-3-5-9-8;/h11H,4-10H2,1-3H3;10-11H,4-9H2,1-3H3;10H,4-9H2,1-3H3;10H,3-9H2,1-2H3;10H,3-9H2,1-2H3;8H,3-7H2,1-2H3;8-9H,3-7H2,1-2H3;9H,3-8H2,1-2H3;8-9,11H,3-7H2,1-2H3;8H,3-7H2,1-2H3;7H,3-6H2,1-2H3,(H,9,11);7-8H,3-6H2,1-2H3;1H4. The van der Waals surface area contributed by atoms with E-state index in [1.54, 1.807) is 9.80 Å². The van der Waals surface area contributed by atoms with Crippen molar-refractivity contribution in [3.63, 3.8) is 0 Å². The third-order valence-electron chi connectivity index (χ3n) is 26.0. The number of morpholine rings is 2. The first kappa shape index (κ1) is 146. The lowest BCUT2D eigenvalue weighted by atomic mass is 9.94. The van der Waals surface area contributed by atoms with Crippen molar-refractivity contribution in [2.75, 3.05) is 363 Å². The van der Waals surface area contributed by atoms with Gasteiger partial charge in [-0.1, -0.05) is 7.43 Å². The predicted octanol–water partition coefficient (Wildman–Crippen LogP) is 15.0. The summed E-state index contributed by atoms with van der Waals surface area (Å²) in [6.45, 7) is 98.0. The predicted molar refractivity (Wildman–Crippen MR) is 605 cm³/mol. The minimum absolute atomic E-state index is 0. The molecule has 12 fully saturated rings. The number of urea groups is 1. The molecular formula is C114H237F3N14O18. The number of nitrogens with one attached hydrogen (secondary N) is 1. The van der Waals surface area contributed by atoms with Crippen LogP contribution in [0.1, 0.15) is 270 Å². The maximum atomic E-state index is 12.7. The van der Waals surface area contributed by atoms with Crippen molar-refractivity contribution in [3.05, 3.63) is 0 Å². The summed E-state index contributed by atoms with van der Waals surface area (Å²) in [6, 6.07) is 0.0300. The number of ether oxygens (including phenoxy) is 15. The highest BCUT2D eigenvalue weighted by atomic mass is 19.3. The second-order valence-corrected chi connectivity index (χ2v) is 44.5. The Hall–Kier alpha value is -2.55. The monoisotopic (exact) mass is 2150 g/mol. The van der Waals surface area contributed by atoms with Crippen LogP contribution >= 0.6 is 0 Å². The van der Waals surface area contributed by atoms with Gasteiger partial charge in [-0.05, 0) is 303 Å². The fourth-order valence-corrected chi connectivity index (χ4v) is 17.1. The molecule has 12 saturated heterocycles. The van der Waals surface area contributed by atoms with Crippen molar-refractivity contribution >= 4 is 11.9 Å². The van der Waals surface area contributed by atoms with Crippen LogP contribution in [0.25, 0.3) is 0 Å². The topological polar surface area (TPSA) is 247 Å². The minimum atomic E-state index is -2.47. The molecule has 3 unspecified atom stereocenters. The Morgan fingerprint density at radius 2 is 0.685 bits per heavy atom. The van der Waals surface area contributed by atoms with E-state index in [1.165, 1.54) is 149 Å². The molecule has 3 atom stereocenters. The lowest BCUT2D eigenvalue weighted by Crippen LogP contribution is -2.45. The number of alkyl halides is 3. The number of nitrogens with zero attached hydrogens (tertiary/aromatic N) is 13. The molecule has 0 spiro atoms. The summed E-state index contributed by atoms with van der Waals surface area (Å²) in [5, 5.41) is 12.0. The molecule has 32 nitrogen and oxygen atoms in total. The lowest BCUT2D eigenvalue weighted by Gasteiger charge is -2.32. The number of hydrogen-bond acceptors (Lipinski definition) is 29. The van der Waals surface area contributed by atoms with Crippen LogP contribution in [0, 0.1) is 5.92 Å². The number of β-amino-alcohol motifs (C(OH)–C–C–N with tert-alkyl or cyclic N) is 1. The number of hydrogen-bond donors (Lipinski definition) is 2. The SMILES string of the molecule is C.CC(C)OCC1CCCO1.CC(C)OCCC1CCN(C)CC1.CC(C)OCCCN1CCCC1.CC(C)OCCCN1CCN(C)CC1.CC(C)OCCCN1CCOCC1.CC(C)OCCN1CCC(F)(F)C1.CC(C)OCCN1CCC(F)C1.CC(C)OCCN1CCC(O)C1.CC(C)OCCN1CCCC1=O.CC(C)OCCN1CCN(C)CC1.CC(C)OCCN1CCNC1=O.CC(C)OCCN1CCOCC1. The fraction of sp³-hybridized carbons (Fsp3) is 0.982. The van der Waals surface area contributed by atoms with Crippen LogP contribution in [-0.2, 0) is 75.8 Å². The maximum Gasteiger partial charge on any atom is 0.317 e. The number of piperazine rings is 2. The van der Waals surface area contributed by atoms with Crippen molar-refractivity contribution in [2.24, 2.45) is 5.92 Å². The van der Waals surface area contributed by atoms with Crippen molar-refractivity contribution < 1.29 is 98.9 Å². The highest BCUT2D eigenvalue weighted by molar-refractivity contribution is 5.78. The van der Waals surface area contributed by atoms with E-state index in [9.17, 15) is 27.9 Å². The van der Waals surface area contributed by atoms with Crippen molar-refractivity contribution in [3.8, 4) is 0 Å². The van der Waals surface area contributed by atoms with E-state index in [1.807, 2.05) is 74.1 Å². The van der Waals surface area contributed by atoms with Gasteiger partial charge >= 0.3 is 6.03 Å². The molecule has 892 valence electrons. The molecule has 149 heavy (non-hydrogen) atoms. The molecular weight excluding hydrogens is 1910 g/mol. The number of amides is 3. The zero-order valence-electron chi connectivity index (χ0n) is 99.9. The number of carbonyl (C=O) groups is 2. The third kappa shape index (κ3) is 91.9. The van der Waals surface area contributed by atoms with Gasteiger partial charge < -0.3 is 116 Å². The number of likely N-dealkylation sites (N-methyl/N-ethyl adjacent to an activating group) is 2. The molecule has 3 amide bonds. The number of halogens is 3. The van der Waals surface area contributed by atoms with E-state index < -0.39 is 12.1 Å². The number of piperidine rings is 1. The zero-order chi connectivity index (χ0) is 110. The Morgan fingerprint density at radius 3 is 1.03 bits per heavy atom. The Morgan fingerprint density at radius 1 is 0.336 bits per heavy atom. The molecule has 12 heterocycles. The van der Waals surface area contributed by atoms with Gasteiger partial charge in [0, 0.05) is 242 Å². The molecule has 0 bridgehead atoms. The maximum absolute atomic E-state index is 12.7. The van der Waals surface area contributed by atoms with E-state index in [4.69, 9.17) is 71.1 Å². The summed E-state index contributed by atoms with van der Waals surface area (Å²) in [7, 11) is 6.59. The molecule has 12 rings (SSSR count). The lowest BCUT2D eigenvalue weighted by molar-refractivity contribution is -0.128. The minimum Gasteiger partial charge on any atom is -0.392 e. The average Bonchev–Trinajstić information content (AvgIpc) is 1.71. The van der Waals surface area contributed by atoms with Crippen molar-refractivity contribution in [1.82, 2.24) is 69.0 Å². The number of aliphatic hydroxyl groups is 1. The Bertz CT molecular complexity index is 2800. The van der Waals surface area contributed by atoms with E-state index >= 15 is 0 Å². The molecule has 0 aromatic rings. The summed E-state index contributed by atoms with van der Waals surface area (Å²) in [5.74, 6) is -1.28. The highest BCUT2D eigenvalue weighted by Crippen LogP contribution is 2.27. The van der Waals surface area contributed by atoms with Gasteiger partial charge in [-0.2, -0.15) is 0 Å². The quantitative estimate of drug-likeness (QED) is 0.0537. The summed E-state index contributed by atoms with van der Waals surface area (Å²) >= 11 is 0.